The fraction of sp³-hybridized carbons (Fsp3) is 0.500. The van der Waals surface area contributed by atoms with Crippen LogP contribution in [-0.4, -0.2) is 67.1 Å². The number of benzene rings is 1. The number of nitrogens with zero attached hydrogens (tertiary/aromatic N) is 4. The second-order valence-electron chi connectivity index (χ2n) is 7.78. The predicted octanol–water partition coefficient (Wildman–Crippen LogP) is 1.47. The minimum absolute atomic E-state index is 0.0330. The highest BCUT2D eigenvalue weighted by Crippen LogP contribution is 2.25. The standard InChI is InChI=1S/C20H29N5O5S2/c1-5-19(26)22-17-7-8-18(15(2)13-17)31(27,28)24-9-6-10-25(12-11-24)32(29,30)20-14-23(4)16(3)21-20/h7-8,13-14H,5-6,9-12H2,1-4H3,(H,22,26). The van der Waals surface area contributed by atoms with Crippen LogP contribution in [0, 0.1) is 13.8 Å². The molecule has 1 amide bonds. The second kappa shape index (κ2) is 9.30. The first-order chi connectivity index (χ1) is 15.0. The molecular weight excluding hydrogens is 454 g/mol. The zero-order valence-corrected chi connectivity index (χ0v) is 20.3. The Kier molecular flexibility index (Phi) is 7.08. The molecule has 2 heterocycles. The van der Waals surface area contributed by atoms with E-state index in [0.717, 1.165) is 0 Å². The van der Waals surface area contributed by atoms with Gasteiger partial charge in [0, 0.05) is 51.5 Å². The molecule has 0 saturated carbocycles. The highest BCUT2D eigenvalue weighted by atomic mass is 32.2. The van der Waals surface area contributed by atoms with Gasteiger partial charge in [0.15, 0.2) is 5.03 Å². The fourth-order valence-electron chi connectivity index (χ4n) is 3.54. The third kappa shape index (κ3) is 4.87. The average Bonchev–Trinajstić information content (AvgIpc) is 2.93. The molecule has 2 aromatic rings. The number of amides is 1. The third-order valence-electron chi connectivity index (χ3n) is 5.50. The molecule has 1 saturated heterocycles. The van der Waals surface area contributed by atoms with E-state index in [-0.39, 0.29) is 42.0 Å². The van der Waals surface area contributed by atoms with Crippen molar-refractivity contribution in [3.63, 3.8) is 0 Å². The van der Waals surface area contributed by atoms with Gasteiger partial charge in [-0.05, 0) is 44.0 Å². The first kappa shape index (κ1) is 24.4. The monoisotopic (exact) mass is 483 g/mol. The molecule has 1 N–H and O–H groups in total. The number of imidazole rings is 1. The number of hydrogen-bond donors (Lipinski definition) is 1. The first-order valence-corrected chi connectivity index (χ1v) is 13.3. The summed E-state index contributed by atoms with van der Waals surface area (Å²) in [4.78, 5) is 15.9. The molecule has 1 aromatic heterocycles. The summed E-state index contributed by atoms with van der Waals surface area (Å²) in [6.07, 6.45) is 2.16. The van der Waals surface area contributed by atoms with Crippen LogP contribution in [-0.2, 0) is 31.9 Å². The number of carbonyl (C=O) groups is 1. The molecule has 0 radical (unpaired) electrons. The first-order valence-electron chi connectivity index (χ1n) is 10.4. The van der Waals surface area contributed by atoms with Crippen molar-refractivity contribution in [3.8, 4) is 0 Å². The van der Waals surface area contributed by atoms with Crippen molar-refractivity contribution in [1.82, 2.24) is 18.2 Å². The van der Waals surface area contributed by atoms with Crippen molar-refractivity contribution >= 4 is 31.6 Å². The van der Waals surface area contributed by atoms with E-state index in [9.17, 15) is 21.6 Å². The highest BCUT2D eigenvalue weighted by Gasteiger charge is 2.33. The summed E-state index contributed by atoms with van der Waals surface area (Å²) in [5.41, 5.74) is 1.05. The Hall–Kier alpha value is -2.28. The van der Waals surface area contributed by atoms with Crippen LogP contribution in [0.3, 0.4) is 0 Å². The average molecular weight is 484 g/mol. The summed E-state index contributed by atoms with van der Waals surface area (Å²) in [5, 5.41) is 2.68. The van der Waals surface area contributed by atoms with E-state index in [4.69, 9.17) is 0 Å². The van der Waals surface area contributed by atoms with Crippen LogP contribution >= 0.6 is 0 Å². The largest absolute Gasteiger partial charge is 0.337 e. The summed E-state index contributed by atoms with van der Waals surface area (Å²) < 4.78 is 56.8. The number of aromatic nitrogens is 2. The summed E-state index contributed by atoms with van der Waals surface area (Å²) in [6, 6.07) is 4.66. The van der Waals surface area contributed by atoms with Gasteiger partial charge in [-0.3, -0.25) is 4.79 Å². The van der Waals surface area contributed by atoms with Gasteiger partial charge >= 0.3 is 0 Å². The quantitative estimate of drug-likeness (QED) is 0.664. The predicted molar refractivity (Wildman–Crippen MR) is 120 cm³/mol. The molecule has 12 heteroatoms. The van der Waals surface area contributed by atoms with Crippen molar-refractivity contribution in [1.29, 1.82) is 0 Å². The second-order valence-corrected chi connectivity index (χ2v) is 11.6. The summed E-state index contributed by atoms with van der Waals surface area (Å²) in [7, 11) is -5.91. The van der Waals surface area contributed by atoms with Crippen molar-refractivity contribution in [2.24, 2.45) is 7.05 Å². The molecule has 0 unspecified atom stereocenters. The maximum Gasteiger partial charge on any atom is 0.262 e. The van der Waals surface area contributed by atoms with Gasteiger partial charge in [0.05, 0.1) is 4.90 Å². The van der Waals surface area contributed by atoms with Crippen LogP contribution in [0.25, 0.3) is 0 Å². The normalized spacial score (nSPS) is 16.6. The van der Waals surface area contributed by atoms with Gasteiger partial charge in [-0.1, -0.05) is 6.92 Å². The number of anilines is 1. The number of carbonyl (C=O) groups excluding carboxylic acids is 1. The molecule has 3 rings (SSSR count). The van der Waals surface area contributed by atoms with E-state index in [0.29, 0.717) is 29.9 Å². The molecule has 0 spiro atoms. The lowest BCUT2D eigenvalue weighted by atomic mass is 10.2. The van der Waals surface area contributed by atoms with Gasteiger partial charge in [-0.25, -0.2) is 21.8 Å². The summed E-state index contributed by atoms with van der Waals surface area (Å²) in [5.74, 6) is 0.425. The minimum atomic E-state index is -3.82. The van der Waals surface area contributed by atoms with Gasteiger partial charge in [0.25, 0.3) is 10.0 Å². The molecular formula is C20H29N5O5S2. The highest BCUT2D eigenvalue weighted by molar-refractivity contribution is 7.89. The van der Waals surface area contributed by atoms with Crippen molar-refractivity contribution in [2.45, 2.75) is 43.5 Å². The lowest BCUT2D eigenvalue weighted by Crippen LogP contribution is -2.37. The third-order valence-corrected chi connectivity index (χ3v) is 9.33. The van der Waals surface area contributed by atoms with E-state index in [1.165, 1.54) is 20.9 Å². The van der Waals surface area contributed by atoms with Crippen LogP contribution in [0.15, 0.2) is 34.3 Å². The minimum Gasteiger partial charge on any atom is -0.337 e. The number of aryl methyl sites for hydroxylation is 3. The van der Waals surface area contributed by atoms with E-state index in [1.807, 2.05) is 0 Å². The Morgan fingerprint density at radius 1 is 1.03 bits per heavy atom. The molecule has 0 bridgehead atoms. The van der Waals surface area contributed by atoms with E-state index in [2.05, 4.69) is 10.3 Å². The van der Waals surface area contributed by atoms with Gasteiger partial charge < -0.3 is 9.88 Å². The van der Waals surface area contributed by atoms with Crippen LogP contribution < -0.4 is 5.32 Å². The molecule has 32 heavy (non-hydrogen) atoms. The molecule has 1 aromatic carbocycles. The van der Waals surface area contributed by atoms with Crippen molar-refractivity contribution in [2.75, 3.05) is 31.5 Å². The van der Waals surface area contributed by atoms with Crippen LogP contribution in [0.2, 0.25) is 0 Å². The van der Waals surface area contributed by atoms with Gasteiger partial charge in [0.2, 0.25) is 15.9 Å². The van der Waals surface area contributed by atoms with E-state index < -0.39 is 20.0 Å². The van der Waals surface area contributed by atoms with Gasteiger partial charge in [-0.2, -0.15) is 8.61 Å². The number of sulfonamides is 2. The molecule has 0 atom stereocenters. The summed E-state index contributed by atoms with van der Waals surface area (Å²) in [6.45, 7) is 5.64. The number of rotatable bonds is 6. The Labute approximate surface area is 189 Å². The van der Waals surface area contributed by atoms with Gasteiger partial charge in [-0.15, -0.1) is 0 Å². The number of nitrogens with one attached hydrogen (secondary N) is 1. The summed E-state index contributed by atoms with van der Waals surface area (Å²) >= 11 is 0. The lowest BCUT2D eigenvalue weighted by Gasteiger charge is -2.22. The Morgan fingerprint density at radius 2 is 1.66 bits per heavy atom. The Bertz CT molecular complexity index is 1200. The lowest BCUT2D eigenvalue weighted by molar-refractivity contribution is -0.115. The smallest absolute Gasteiger partial charge is 0.262 e. The fourth-order valence-corrected chi connectivity index (χ4v) is 6.71. The maximum atomic E-state index is 13.3. The molecule has 176 valence electrons. The van der Waals surface area contributed by atoms with E-state index >= 15 is 0 Å². The van der Waals surface area contributed by atoms with Crippen LogP contribution in [0.1, 0.15) is 31.2 Å². The van der Waals surface area contributed by atoms with Crippen LogP contribution in [0.4, 0.5) is 5.69 Å². The molecule has 1 aliphatic heterocycles. The zero-order chi connectivity index (χ0) is 23.7. The molecule has 1 fully saturated rings. The van der Waals surface area contributed by atoms with E-state index in [1.54, 1.807) is 44.5 Å². The topological polar surface area (TPSA) is 122 Å². The molecule has 1 aliphatic rings. The molecule has 10 nitrogen and oxygen atoms in total. The van der Waals surface area contributed by atoms with Gasteiger partial charge in [0.1, 0.15) is 5.82 Å². The number of hydrogen-bond acceptors (Lipinski definition) is 6. The van der Waals surface area contributed by atoms with Crippen LogP contribution in [0.5, 0.6) is 0 Å². The SMILES string of the molecule is CCC(=O)Nc1ccc(S(=O)(=O)N2CCCN(S(=O)(=O)c3cn(C)c(C)n3)CC2)c(C)c1. The zero-order valence-electron chi connectivity index (χ0n) is 18.7. The maximum absolute atomic E-state index is 13.3. The van der Waals surface area contributed by atoms with Crippen molar-refractivity contribution in [3.05, 3.63) is 35.8 Å². The Balaban J connectivity index is 1.79. The Morgan fingerprint density at radius 3 is 2.19 bits per heavy atom. The molecule has 0 aliphatic carbocycles. The van der Waals surface area contributed by atoms with Crippen molar-refractivity contribution < 1.29 is 21.6 Å².